The number of hydrogen-bond acceptors (Lipinski definition) is 5. The van der Waals surface area contributed by atoms with Crippen LogP contribution in [0, 0.1) is 0 Å². The summed E-state index contributed by atoms with van der Waals surface area (Å²) in [4.78, 5) is 22.3. The van der Waals surface area contributed by atoms with Gasteiger partial charge in [0, 0.05) is 16.8 Å². The van der Waals surface area contributed by atoms with Gasteiger partial charge in [0.25, 0.3) is 5.56 Å². The van der Waals surface area contributed by atoms with Crippen molar-refractivity contribution >= 4 is 39.5 Å². The zero-order valence-electron chi connectivity index (χ0n) is 13.7. The predicted octanol–water partition coefficient (Wildman–Crippen LogP) is 4.17. The van der Waals surface area contributed by atoms with E-state index in [4.69, 9.17) is 11.6 Å². The number of halogens is 1. The second-order valence-corrected chi connectivity index (χ2v) is 7.53. The molecule has 0 atom stereocenters. The maximum atomic E-state index is 12.8. The zero-order valence-corrected chi connectivity index (χ0v) is 15.3. The van der Waals surface area contributed by atoms with E-state index >= 15 is 0 Å². The summed E-state index contributed by atoms with van der Waals surface area (Å²) in [6.07, 6.45) is 3.35. The number of fused-ring (bicyclic) bond motifs is 1. The number of nitrogens with zero attached hydrogens (tertiary/aromatic N) is 3. The first-order chi connectivity index (χ1) is 12.7. The Labute approximate surface area is 158 Å². The highest BCUT2D eigenvalue weighted by Crippen LogP contribution is 2.20. The van der Waals surface area contributed by atoms with Crippen LogP contribution in [-0.2, 0) is 13.1 Å². The van der Waals surface area contributed by atoms with Crippen molar-refractivity contribution in [2.45, 2.75) is 13.1 Å². The molecule has 26 heavy (non-hydrogen) atoms. The van der Waals surface area contributed by atoms with Gasteiger partial charge in [-0.05, 0) is 23.8 Å². The van der Waals surface area contributed by atoms with Gasteiger partial charge < -0.3 is 5.32 Å². The molecule has 130 valence electrons. The molecule has 0 saturated heterocycles. The molecule has 1 N–H and O–H groups in total. The third-order valence-electron chi connectivity index (χ3n) is 4.01. The predicted molar refractivity (Wildman–Crippen MR) is 106 cm³/mol. The molecule has 0 aliphatic rings. The van der Waals surface area contributed by atoms with E-state index in [1.807, 2.05) is 48.5 Å². The van der Waals surface area contributed by atoms with Crippen LogP contribution in [0.5, 0.6) is 0 Å². The van der Waals surface area contributed by atoms with Gasteiger partial charge in [0.1, 0.15) is 0 Å². The van der Waals surface area contributed by atoms with Crippen LogP contribution in [0.25, 0.3) is 10.9 Å². The number of benzene rings is 2. The first kappa shape index (κ1) is 16.8. The highest BCUT2D eigenvalue weighted by atomic mass is 35.5. The van der Waals surface area contributed by atoms with Crippen molar-refractivity contribution in [1.82, 2.24) is 14.5 Å². The molecule has 0 unspecified atom stereocenters. The Morgan fingerprint density at radius 1 is 1.12 bits per heavy atom. The van der Waals surface area contributed by atoms with Gasteiger partial charge in [-0.1, -0.05) is 41.9 Å². The number of anilines is 1. The van der Waals surface area contributed by atoms with Gasteiger partial charge in [0.05, 0.1) is 30.3 Å². The zero-order chi connectivity index (χ0) is 17.9. The standard InChI is InChI=1S/C19H15ClN4OS/c20-19-22-10-15(26-19)9-21-14-6-7-17-16(8-14)18(25)24(12-23-17)11-13-4-2-1-3-5-13/h1-8,10,12,21H,9,11H2. The van der Waals surface area contributed by atoms with E-state index in [0.29, 0.717) is 28.5 Å². The Kier molecular flexibility index (Phi) is 4.69. The van der Waals surface area contributed by atoms with Crippen LogP contribution in [-0.4, -0.2) is 14.5 Å². The number of hydrogen-bond donors (Lipinski definition) is 1. The van der Waals surface area contributed by atoms with Crippen LogP contribution in [0.4, 0.5) is 5.69 Å². The lowest BCUT2D eigenvalue weighted by Gasteiger charge is -2.09. The van der Waals surface area contributed by atoms with Crippen molar-refractivity contribution in [2.75, 3.05) is 5.32 Å². The molecule has 0 radical (unpaired) electrons. The van der Waals surface area contributed by atoms with Crippen molar-refractivity contribution in [2.24, 2.45) is 0 Å². The minimum absolute atomic E-state index is 0.0525. The molecule has 2 aromatic heterocycles. The van der Waals surface area contributed by atoms with Crippen molar-refractivity contribution in [3.63, 3.8) is 0 Å². The van der Waals surface area contributed by atoms with Crippen LogP contribution in [0.2, 0.25) is 4.47 Å². The Morgan fingerprint density at radius 3 is 2.73 bits per heavy atom. The van der Waals surface area contributed by atoms with E-state index in [1.54, 1.807) is 17.1 Å². The Bertz CT molecular complexity index is 1110. The van der Waals surface area contributed by atoms with E-state index in [2.05, 4.69) is 15.3 Å². The van der Waals surface area contributed by atoms with Crippen LogP contribution >= 0.6 is 22.9 Å². The van der Waals surface area contributed by atoms with Gasteiger partial charge in [0.15, 0.2) is 4.47 Å². The van der Waals surface area contributed by atoms with Crippen LogP contribution in [0.3, 0.4) is 0 Å². The van der Waals surface area contributed by atoms with E-state index in [0.717, 1.165) is 16.1 Å². The van der Waals surface area contributed by atoms with Crippen LogP contribution < -0.4 is 10.9 Å². The molecule has 4 rings (SSSR count). The fraction of sp³-hybridized carbons (Fsp3) is 0.105. The molecular formula is C19H15ClN4OS. The first-order valence-electron chi connectivity index (χ1n) is 8.06. The largest absolute Gasteiger partial charge is 0.380 e. The Hall–Kier alpha value is -2.70. The second-order valence-electron chi connectivity index (χ2n) is 5.83. The Balaban J connectivity index is 1.61. The fourth-order valence-corrected chi connectivity index (χ4v) is 3.63. The molecule has 0 aliphatic carbocycles. The summed E-state index contributed by atoms with van der Waals surface area (Å²) in [7, 11) is 0. The quantitative estimate of drug-likeness (QED) is 0.562. The highest BCUT2D eigenvalue weighted by molar-refractivity contribution is 7.15. The van der Waals surface area contributed by atoms with Gasteiger partial charge >= 0.3 is 0 Å². The lowest BCUT2D eigenvalue weighted by Crippen LogP contribution is -2.21. The molecule has 7 heteroatoms. The Morgan fingerprint density at radius 2 is 1.96 bits per heavy atom. The number of aromatic nitrogens is 3. The third kappa shape index (κ3) is 3.61. The molecule has 0 saturated carbocycles. The smallest absolute Gasteiger partial charge is 0.261 e. The lowest BCUT2D eigenvalue weighted by molar-refractivity contribution is 0.748. The number of rotatable bonds is 5. The molecule has 2 heterocycles. The summed E-state index contributed by atoms with van der Waals surface area (Å²) >= 11 is 7.28. The summed E-state index contributed by atoms with van der Waals surface area (Å²) < 4.78 is 2.15. The van der Waals surface area contributed by atoms with Crippen LogP contribution in [0.1, 0.15) is 10.4 Å². The summed E-state index contributed by atoms with van der Waals surface area (Å²) in [6.45, 7) is 1.11. The SMILES string of the molecule is O=c1c2cc(NCc3cnc(Cl)s3)ccc2ncn1Cc1ccccc1. The van der Waals surface area contributed by atoms with Crippen LogP contribution in [0.15, 0.2) is 65.8 Å². The monoisotopic (exact) mass is 382 g/mol. The van der Waals surface area contributed by atoms with Gasteiger partial charge in [0.2, 0.25) is 0 Å². The lowest BCUT2D eigenvalue weighted by atomic mass is 10.2. The topological polar surface area (TPSA) is 59.8 Å². The molecule has 0 fully saturated rings. The fourth-order valence-electron chi connectivity index (χ4n) is 2.72. The maximum Gasteiger partial charge on any atom is 0.261 e. The van der Waals surface area contributed by atoms with E-state index in [9.17, 15) is 4.79 Å². The second kappa shape index (κ2) is 7.27. The van der Waals surface area contributed by atoms with Crippen molar-refractivity contribution in [3.8, 4) is 0 Å². The van der Waals surface area contributed by atoms with Gasteiger partial charge in [-0.2, -0.15) is 0 Å². The molecule has 4 aromatic rings. The average molecular weight is 383 g/mol. The maximum absolute atomic E-state index is 12.8. The molecule has 2 aromatic carbocycles. The average Bonchev–Trinajstić information content (AvgIpc) is 3.09. The number of nitrogens with one attached hydrogen (secondary N) is 1. The molecule has 0 bridgehead atoms. The molecule has 0 amide bonds. The molecule has 5 nitrogen and oxygen atoms in total. The molecule has 0 aliphatic heterocycles. The van der Waals surface area contributed by atoms with Crippen molar-refractivity contribution < 1.29 is 0 Å². The third-order valence-corrected chi connectivity index (χ3v) is 5.13. The van der Waals surface area contributed by atoms with Crippen molar-refractivity contribution in [3.05, 3.63) is 86.3 Å². The van der Waals surface area contributed by atoms with Crippen molar-refractivity contribution in [1.29, 1.82) is 0 Å². The highest BCUT2D eigenvalue weighted by Gasteiger charge is 2.07. The summed E-state index contributed by atoms with van der Waals surface area (Å²) in [5.41, 5.74) is 2.56. The van der Waals surface area contributed by atoms with Gasteiger partial charge in [-0.25, -0.2) is 9.97 Å². The minimum Gasteiger partial charge on any atom is -0.380 e. The van der Waals surface area contributed by atoms with Gasteiger partial charge in [-0.15, -0.1) is 11.3 Å². The normalized spacial score (nSPS) is 11.0. The van der Waals surface area contributed by atoms with E-state index in [1.165, 1.54) is 11.3 Å². The van der Waals surface area contributed by atoms with E-state index < -0.39 is 0 Å². The van der Waals surface area contributed by atoms with E-state index in [-0.39, 0.29) is 5.56 Å². The minimum atomic E-state index is -0.0525. The summed E-state index contributed by atoms with van der Waals surface area (Å²) in [5, 5.41) is 3.89. The molecular weight excluding hydrogens is 368 g/mol. The first-order valence-corrected chi connectivity index (χ1v) is 9.26. The van der Waals surface area contributed by atoms with Gasteiger partial charge in [-0.3, -0.25) is 9.36 Å². The molecule has 0 spiro atoms. The summed E-state index contributed by atoms with van der Waals surface area (Å²) in [6, 6.07) is 15.5. The number of thiazole rings is 1. The summed E-state index contributed by atoms with van der Waals surface area (Å²) in [5.74, 6) is 0.